The van der Waals surface area contributed by atoms with Crippen LogP contribution in [0.1, 0.15) is 96.2 Å². The van der Waals surface area contributed by atoms with Crippen molar-refractivity contribution in [2.75, 3.05) is 19.6 Å². The first-order valence-electron chi connectivity index (χ1n) is 32.3. The molecule has 0 aliphatic carbocycles. The van der Waals surface area contributed by atoms with Crippen molar-refractivity contribution in [3.63, 3.8) is 0 Å². The monoisotopic (exact) mass is 1280 g/mol. The van der Waals surface area contributed by atoms with E-state index in [0.717, 1.165) is 25.1 Å². The number of nitrogens with two attached hydrogens (primary N) is 1. The largest absolute Gasteiger partial charge is 0.504 e. The second kappa shape index (κ2) is 29.3. The fraction of sp³-hybridized carbons (Fsp3) is 0.482. The number of phenolic OH excluding ortho intramolecular Hbond substituents is 1. The molecular weight excluding hydrogens is 1200 g/mol. The van der Waals surface area contributed by atoms with Gasteiger partial charge in [0.25, 0.3) is 5.91 Å². The fourth-order valence-corrected chi connectivity index (χ4v) is 10.3. The SMILES string of the molecule is [2H]C([2H])([2H])C([2H])([2H])C([2H])([2H])C([2H])([2H])C([2H])([2H])Oc1ccc(-c2cc(-c3ccc(C(=O)N[C@H]4C[C@@H](O)[C@@H](O)NC(=O)[C@@H]5[C@@H](O)[C@@H](C)CN5C(=O)[C@H]([C@H](O)CC(N)=O)NC(=O)C([C@H](O)[C@@H](O)c5ccc(O)c(OS(=O)(=O)O)c5)NC(=O)[C@@H]5C[C@@H](O)CN5C(=O)C([C@@H](C)O)NC4=O)cc3)no2)cc1. The van der Waals surface area contributed by atoms with Crippen LogP contribution in [0, 0.1) is 5.92 Å². The van der Waals surface area contributed by atoms with Gasteiger partial charge in [-0.25, -0.2) is 0 Å². The van der Waals surface area contributed by atoms with Crippen molar-refractivity contribution in [2.24, 2.45) is 11.7 Å². The van der Waals surface area contributed by atoms with Crippen molar-refractivity contribution in [3.05, 3.63) is 83.9 Å². The van der Waals surface area contributed by atoms with Crippen molar-refractivity contribution in [1.29, 1.82) is 0 Å². The number of amides is 8. The third-order valence-electron chi connectivity index (χ3n) is 14.5. The first-order valence-corrected chi connectivity index (χ1v) is 28.2. The second-order valence-corrected chi connectivity index (χ2v) is 22.0. The normalized spacial score (nSPS) is 29.1. The van der Waals surface area contributed by atoms with Gasteiger partial charge in [0.1, 0.15) is 66.0 Å². The molecule has 3 saturated heterocycles. The van der Waals surface area contributed by atoms with E-state index in [-0.39, 0.29) is 28.1 Å². The Morgan fingerprint density at radius 2 is 1.47 bits per heavy atom. The molecule has 3 aliphatic rings. The number of carbonyl (C=O) groups excluding carboxylic acids is 8. The van der Waals surface area contributed by atoms with Crippen LogP contribution in [0.25, 0.3) is 22.6 Å². The highest BCUT2D eigenvalue weighted by Gasteiger charge is 2.51. The Kier molecular flexibility index (Phi) is 17.7. The highest BCUT2D eigenvalue weighted by molar-refractivity contribution is 7.81. The number of primary amides is 1. The first-order chi connectivity index (χ1) is 46.1. The number of aliphatic hydroxyl groups is 8. The van der Waals surface area contributed by atoms with E-state index in [2.05, 4.69) is 25.3 Å². The van der Waals surface area contributed by atoms with E-state index in [4.69, 9.17) is 30.1 Å². The Bertz CT molecular complexity index is 3840. The molecule has 2 unspecified atom stereocenters. The molecule has 1 aromatic heterocycles. The summed E-state index contributed by atoms with van der Waals surface area (Å²) in [6.07, 6.45) is -32.7. The van der Waals surface area contributed by atoms with Crippen LogP contribution in [0.3, 0.4) is 0 Å². The lowest BCUT2D eigenvalue weighted by molar-refractivity contribution is -0.149. The summed E-state index contributed by atoms with van der Waals surface area (Å²) in [4.78, 5) is 115. The van der Waals surface area contributed by atoms with Gasteiger partial charge in [-0.2, -0.15) is 8.42 Å². The zero-order valence-electron chi connectivity index (χ0n) is 57.7. The van der Waals surface area contributed by atoms with E-state index < -0.39 is 236 Å². The molecule has 484 valence electrons. The lowest BCUT2D eigenvalue weighted by Gasteiger charge is -2.34. The number of nitrogens with zero attached hydrogens (tertiary/aromatic N) is 3. The standard InChI is InChI=1S/C56H71N9O23S/c1-4-5-6-17-86-32-14-11-28(12-15-32)39-21-33(63-87-39)27-7-9-29(10-8-27)49(75)58-34-20-38(70)52(78)62-54(80)45-46(72)25(2)23-65(45)56(82)43(37(69)22-41(57)71)60-53(79)44(48(74)47(73)30-13-16-36(68)40(18-30)88-89(83,84)85)61-51(77)35-19-31(67)24-64(35)55(81)42(26(3)66)59-50(34)76/h7-16,18,21,25-26,31,34-35,37-38,42-48,52,66-70,72-74,78H,4-6,17,19-20,22-24H2,1-3H3,(H2,57,71)(H,58,75)(H,59,76)(H,60,79)(H,61,77)(H,62,80)(H,83,84,85)/t25-,26+,31+,34-,35-,37+,38+,42?,43-,44?,45-,46-,47-,48-,52+/m0/s1/i1D3,4D2,5D2,6D2,17D2. The Morgan fingerprint density at radius 1 is 0.820 bits per heavy atom. The van der Waals surface area contributed by atoms with Gasteiger partial charge in [0.2, 0.25) is 41.4 Å². The molecular formula is C56H71N9O23S. The second-order valence-electron chi connectivity index (χ2n) is 20.9. The molecule has 7 rings (SSSR count). The molecule has 3 aromatic carbocycles. The van der Waals surface area contributed by atoms with Crippen LogP contribution >= 0.6 is 0 Å². The number of phenols is 1. The summed E-state index contributed by atoms with van der Waals surface area (Å²) in [5.74, 6) is -14.9. The third kappa shape index (κ3) is 16.9. The zero-order chi connectivity index (χ0) is 75.0. The number of fused-ring (bicyclic) bond motifs is 2. The molecule has 15 atom stereocenters. The number of benzene rings is 3. The summed E-state index contributed by atoms with van der Waals surface area (Å²) in [6, 6.07) is -0.229. The van der Waals surface area contributed by atoms with Crippen molar-refractivity contribution in [3.8, 4) is 39.8 Å². The van der Waals surface area contributed by atoms with Crippen molar-refractivity contribution < 1.29 is 126 Å². The van der Waals surface area contributed by atoms with Gasteiger partial charge in [-0.15, -0.1) is 0 Å². The van der Waals surface area contributed by atoms with Gasteiger partial charge in [-0.1, -0.05) is 49.9 Å². The quantitative estimate of drug-likeness (QED) is 0.0423. The van der Waals surface area contributed by atoms with Gasteiger partial charge in [-0.05, 0) is 67.4 Å². The molecule has 33 heteroatoms. The number of hydrogen-bond acceptors (Lipinski definition) is 23. The summed E-state index contributed by atoms with van der Waals surface area (Å²) >= 11 is 0. The molecule has 0 bridgehead atoms. The number of hydrogen-bond donors (Lipinski definition) is 16. The summed E-state index contributed by atoms with van der Waals surface area (Å²) in [6.45, 7) is -6.50. The van der Waals surface area contributed by atoms with Crippen molar-refractivity contribution in [1.82, 2.24) is 41.5 Å². The number of ether oxygens (including phenoxy) is 1. The number of aliphatic hydroxyl groups excluding tert-OH is 8. The average molecular weight is 1280 g/mol. The van der Waals surface area contributed by atoms with Gasteiger partial charge in [0, 0.05) is 66.9 Å². The Balaban J connectivity index is 1.19. The Labute approximate surface area is 523 Å². The Morgan fingerprint density at radius 3 is 2.12 bits per heavy atom. The number of carbonyl (C=O) groups is 8. The molecule has 0 saturated carbocycles. The van der Waals surface area contributed by atoms with Gasteiger partial charge in [0.05, 0.1) is 40.1 Å². The predicted octanol–water partition coefficient (Wildman–Crippen LogP) is -3.90. The van der Waals surface area contributed by atoms with Gasteiger partial charge in [0.15, 0.2) is 23.5 Å². The van der Waals surface area contributed by atoms with E-state index in [1.54, 1.807) is 0 Å². The molecule has 17 N–H and O–H groups in total. The summed E-state index contributed by atoms with van der Waals surface area (Å²) in [7, 11) is -5.39. The van der Waals surface area contributed by atoms with Gasteiger partial charge in [-0.3, -0.25) is 42.9 Å². The number of aromatic hydroxyl groups is 1. The zero-order valence-corrected chi connectivity index (χ0v) is 47.5. The maximum Gasteiger partial charge on any atom is 0.446 e. The lowest BCUT2D eigenvalue weighted by atomic mass is 9.96. The number of aromatic nitrogens is 1. The summed E-state index contributed by atoms with van der Waals surface area (Å²) in [5, 5.41) is 116. The molecule has 32 nitrogen and oxygen atoms in total. The molecule has 89 heavy (non-hydrogen) atoms. The minimum atomic E-state index is -5.39. The maximum absolute atomic E-state index is 14.7. The van der Waals surface area contributed by atoms with E-state index >= 15 is 0 Å². The van der Waals surface area contributed by atoms with E-state index in [1.165, 1.54) is 49.4 Å². The topological polar surface area (TPSA) is 510 Å². The lowest BCUT2D eigenvalue weighted by Crippen LogP contribution is -2.64. The van der Waals surface area contributed by atoms with Crippen molar-refractivity contribution >= 4 is 57.7 Å². The van der Waals surface area contributed by atoms with Gasteiger partial charge < -0.3 is 102 Å². The highest BCUT2D eigenvalue weighted by atomic mass is 32.3. The van der Waals surface area contributed by atoms with Crippen LogP contribution in [0.15, 0.2) is 77.3 Å². The van der Waals surface area contributed by atoms with Crippen LogP contribution in [0.4, 0.5) is 0 Å². The van der Waals surface area contributed by atoms with Crippen molar-refractivity contribution in [2.45, 2.75) is 144 Å². The van der Waals surface area contributed by atoms with Crippen LogP contribution in [-0.4, -0.2) is 220 Å². The molecule has 4 heterocycles. The van der Waals surface area contributed by atoms with Gasteiger partial charge >= 0.3 is 10.4 Å². The number of rotatable bonds is 18. The Hall–Kier alpha value is -8.38. The average Bonchev–Trinajstić information content (AvgIpc) is 0.968. The van der Waals surface area contributed by atoms with Crippen LogP contribution in [0.2, 0.25) is 0 Å². The first kappa shape index (κ1) is 53.6. The summed E-state index contributed by atoms with van der Waals surface area (Å²) in [5.41, 5.74) is 5.09. The van der Waals surface area contributed by atoms with E-state index in [1.807, 2.05) is 10.6 Å². The highest BCUT2D eigenvalue weighted by Crippen LogP contribution is 2.34. The molecule has 8 amide bonds. The smallest absolute Gasteiger partial charge is 0.446 e. The molecule has 0 radical (unpaired) electrons. The minimum absolute atomic E-state index is 0.0518. The summed E-state index contributed by atoms with van der Waals surface area (Å²) < 4.78 is 134. The van der Waals surface area contributed by atoms with Crippen LogP contribution < -0.4 is 41.2 Å². The van der Waals surface area contributed by atoms with Crippen LogP contribution in [-0.2, 0) is 44.0 Å². The number of nitrogens with one attached hydrogen (secondary N) is 5. The molecule has 0 spiro atoms. The predicted molar refractivity (Wildman–Crippen MR) is 304 cm³/mol. The van der Waals surface area contributed by atoms with E-state index in [9.17, 15) is 97.3 Å². The maximum atomic E-state index is 14.7. The molecule has 3 fully saturated rings. The van der Waals surface area contributed by atoms with E-state index in [0.29, 0.717) is 21.9 Å². The molecule has 3 aliphatic heterocycles. The van der Waals surface area contributed by atoms with Crippen LogP contribution in [0.5, 0.6) is 17.2 Å². The molecule has 4 aromatic rings. The minimum Gasteiger partial charge on any atom is -0.504 e. The third-order valence-corrected chi connectivity index (χ3v) is 14.9. The fourth-order valence-electron chi connectivity index (χ4n) is 9.92.